The van der Waals surface area contributed by atoms with Gasteiger partial charge in [0.2, 0.25) is 0 Å². The Labute approximate surface area is 207 Å². The van der Waals surface area contributed by atoms with Crippen LogP contribution in [0.2, 0.25) is 5.02 Å². The van der Waals surface area contributed by atoms with Gasteiger partial charge in [-0.25, -0.2) is 14.1 Å². The molecule has 0 spiro atoms. The molecule has 35 heavy (non-hydrogen) atoms. The molecule has 3 aromatic carbocycles. The van der Waals surface area contributed by atoms with Gasteiger partial charge in [-0.2, -0.15) is 0 Å². The molecule has 6 nitrogen and oxygen atoms in total. The van der Waals surface area contributed by atoms with E-state index in [0.717, 1.165) is 10.5 Å². The number of barbiturate groups is 1. The van der Waals surface area contributed by atoms with Crippen LogP contribution in [0.3, 0.4) is 0 Å². The molecule has 0 atom stereocenters. The summed E-state index contributed by atoms with van der Waals surface area (Å²) in [7, 11) is 1.45. The maximum Gasteiger partial charge on any atom is 0.335 e. The standard InChI is InChI=1S/C27H22ClFN2O4/c1-15-8-9-23(16(2)10-15)31-26(33)20(25(32)30-27(31)34)11-17-12-21(28)19(24(13-17)35-3)14-18-6-4-5-7-22(18)29/h4-13H,14H2,1-3H3,(H,30,32,34)/b20-11+. The molecular weight excluding hydrogens is 471 g/mol. The molecule has 4 amide bonds. The van der Waals surface area contributed by atoms with E-state index in [1.807, 2.05) is 13.0 Å². The molecule has 0 aromatic heterocycles. The number of hydrogen-bond donors (Lipinski definition) is 1. The Morgan fingerprint density at radius 3 is 2.49 bits per heavy atom. The van der Waals surface area contributed by atoms with Gasteiger partial charge < -0.3 is 4.74 Å². The van der Waals surface area contributed by atoms with Gasteiger partial charge in [0.15, 0.2) is 0 Å². The van der Waals surface area contributed by atoms with Gasteiger partial charge in [-0.15, -0.1) is 0 Å². The molecule has 0 aliphatic carbocycles. The number of halogens is 2. The number of benzene rings is 3. The van der Waals surface area contributed by atoms with Crippen molar-refractivity contribution in [2.75, 3.05) is 12.0 Å². The van der Waals surface area contributed by atoms with Gasteiger partial charge in [-0.05, 0) is 60.9 Å². The molecule has 178 valence electrons. The Morgan fingerprint density at radius 1 is 1.06 bits per heavy atom. The van der Waals surface area contributed by atoms with Crippen molar-refractivity contribution in [1.29, 1.82) is 0 Å². The van der Waals surface area contributed by atoms with Crippen molar-refractivity contribution in [2.45, 2.75) is 20.3 Å². The van der Waals surface area contributed by atoms with Crippen LogP contribution in [-0.2, 0) is 16.0 Å². The van der Waals surface area contributed by atoms with Gasteiger partial charge in [0.1, 0.15) is 17.1 Å². The summed E-state index contributed by atoms with van der Waals surface area (Å²) in [5.74, 6) is -1.56. The predicted octanol–water partition coefficient (Wildman–Crippen LogP) is 5.36. The molecule has 1 aliphatic heterocycles. The van der Waals surface area contributed by atoms with Gasteiger partial charge >= 0.3 is 6.03 Å². The van der Waals surface area contributed by atoms with Gasteiger partial charge in [0.05, 0.1) is 12.8 Å². The lowest BCUT2D eigenvalue weighted by atomic mass is 10.00. The van der Waals surface area contributed by atoms with E-state index in [1.54, 1.807) is 49.4 Å². The minimum Gasteiger partial charge on any atom is -0.496 e. The number of nitrogens with one attached hydrogen (secondary N) is 1. The Bertz CT molecular complexity index is 1400. The number of ether oxygens (including phenoxy) is 1. The fourth-order valence-electron chi connectivity index (χ4n) is 4.00. The molecular formula is C27H22ClFN2O4. The first-order valence-corrected chi connectivity index (χ1v) is 11.2. The molecule has 3 aromatic rings. The summed E-state index contributed by atoms with van der Waals surface area (Å²) in [6.07, 6.45) is 1.54. The zero-order chi connectivity index (χ0) is 25.3. The number of urea groups is 1. The molecule has 0 radical (unpaired) electrons. The highest BCUT2D eigenvalue weighted by Gasteiger charge is 2.37. The smallest absolute Gasteiger partial charge is 0.335 e. The molecule has 1 fully saturated rings. The van der Waals surface area contributed by atoms with Crippen LogP contribution in [0.5, 0.6) is 5.75 Å². The Balaban J connectivity index is 1.72. The maximum atomic E-state index is 14.2. The van der Waals surface area contributed by atoms with Crippen molar-refractivity contribution in [2.24, 2.45) is 0 Å². The lowest BCUT2D eigenvalue weighted by molar-refractivity contribution is -0.122. The number of rotatable bonds is 5. The first-order chi connectivity index (χ1) is 16.7. The van der Waals surface area contributed by atoms with E-state index in [0.29, 0.717) is 33.7 Å². The number of anilines is 1. The Morgan fingerprint density at radius 2 is 1.80 bits per heavy atom. The summed E-state index contributed by atoms with van der Waals surface area (Å²) >= 11 is 6.51. The fourth-order valence-corrected chi connectivity index (χ4v) is 4.29. The van der Waals surface area contributed by atoms with Gasteiger partial charge in [0, 0.05) is 17.0 Å². The minimum absolute atomic E-state index is 0.194. The number of nitrogens with zero attached hydrogens (tertiary/aromatic N) is 1. The van der Waals surface area contributed by atoms with E-state index in [2.05, 4.69) is 5.32 Å². The topological polar surface area (TPSA) is 75.7 Å². The second-order valence-electron chi connectivity index (χ2n) is 8.20. The summed E-state index contributed by atoms with van der Waals surface area (Å²) < 4.78 is 19.6. The number of carbonyl (C=O) groups is 3. The number of amides is 4. The average Bonchev–Trinajstić information content (AvgIpc) is 2.80. The van der Waals surface area contributed by atoms with E-state index >= 15 is 0 Å². The third-order valence-electron chi connectivity index (χ3n) is 5.73. The third-order valence-corrected chi connectivity index (χ3v) is 6.06. The molecule has 4 rings (SSSR count). The van der Waals surface area contributed by atoms with Crippen LogP contribution in [0.15, 0.2) is 60.2 Å². The van der Waals surface area contributed by atoms with Gasteiger partial charge in [-0.3, -0.25) is 14.9 Å². The number of aryl methyl sites for hydroxylation is 2. The second kappa shape index (κ2) is 9.72. The van der Waals surface area contributed by atoms with Crippen LogP contribution >= 0.6 is 11.6 Å². The first-order valence-electron chi connectivity index (χ1n) is 10.8. The molecule has 1 saturated heterocycles. The largest absolute Gasteiger partial charge is 0.496 e. The number of methoxy groups -OCH3 is 1. The van der Waals surface area contributed by atoms with Crippen LogP contribution in [0.4, 0.5) is 14.9 Å². The summed E-state index contributed by atoms with van der Waals surface area (Å²) in [5, 5.41) is 2.50. The molecule has 0 saturated carbocycles. The van der Waals surface area contributed by atoms with Gasteiger partial charge in [0.25, 0.3) is 11.8 Å². The molecule has 8 heteroatoms. The van der Waals surface area contributed by atoms with E-state index in [-0.39, 0.29) is 22.8 Å². The van der Waals surface area contributed by atoms with E-state index < -0.39 is 17.8 Å². The Hall–Kier alpha value is -3.97. The van der Waals surface area contributed by atoms with Crippen molar-refractivity contribution in [3.05, 3.63) is 98.8 Å². The molecule has 1 aliphatic rings. The van der Waals surface area contributed by atoms with Crippen molar-refractivity contribution in [1.82, 2.24) is 5.32 Å². The molecule has 1 N–H and O–H groups in total. The summed E-state index contributed by atoms with van der Waals surface area (Å²) in [6, 6.07) is 14.0. The highest BCUT2D eigenvalue weighted by Crippen LogP contribution is 2.33. The Kier molecular flexibility index (Phi) is 6.71. The second-order valence-corrected chi connectivity index (χ2v) is 8.61. The van der Waals surface area contributed by atoms with Crippen molar-refractivity contribution < 1.29 is 23.5 Å². The van der Waals surface area contributed by atoms with Crippen LogP contribution in [0, 0.1) is 19.7 Å². The fraction of sp³-hybridized carbons (Fsp3) is 0.148. The highest BCUT2D eigenvalue weighted by atomic mass is 35.5. The summed E-state index contributed by atoms with van der Waals surface area (Å²) in [5.41, 5.74) is 3.26. The lowest BCUT2D eigenvalue weighted by Crippen LogP contribution is -2.54. The highest BCUT2D eigenvalue weighted by molar-refractivity contribution is 6.39. The van der Waals surface area contributed by atoms with E-state index in [1.165, 1.54) is 19.3 Å². The SMILES string of the molecule is COc1cc(/C=C2\C(=O)NC(=O)N(c3ccc(C)cc3C)C2=O)cc(Cl)c1Cc1ccccc1F. The number of carbonyl (C=O) groups excluding carboxylic acids is 3. The normalized spacial score (nSPS) is 14.9. The molecule has 0 bridgehead atoms. The molecule has 1 heterocycles. The average molecular weight is 493 g/mol. The quantitative estimate of drug-likeness (QED) is 0.384. The van der Waals surface area contributed by atoms with E-state index in [9.17, 15) is 18.8 Å². The summed E-state index contributed by atoms with van der Waals surface area (Å²) in [4.78, 5) is 39.3. The van der Waals surface area contributed by atoms with Crippen LogP contribution in [0.1, 0.15) is 27.8 Å². The first kappa shape index (κ1) is 24.2. The van der Waals surface area contributed by atoms with Gasteiger partial charge in [-0.1, -0.05) is 47.5 Å². The monoisotopic (exact) mass is 492 g/mol. The molecule has 0 unspecified atom stereocenters. The zero-order valence-corrected chi connectivity index (χ0v) is 20.1. The number of hydrogen-bond acceptors (Lipinski definition) is 4. The van der Waals surface area contributed by atoms with Crippen molar-refractivity contribution in [3.8, 4) is 5.75 Å². The van der Waals surface area contributed by atoms with Crippen LogP contribution < -0.4 is 15.0 Å². The zero-order valence-electron chi connectivity index (χ0n) is 19.3. The predicted molar refractivity (Wildman–Crippen MR) is 132 cm³/mol. The summed E-state index contributed by atoms with van der Waals surface area (Å²) in [6.45, 7) is 3.68. The number of imide groups is 2. The van der Waals surface area contributed by atoms with Crippen LogP contribution in [-0.4, -0.2) is 25.0 Å². The lowest BCUT2D eigenvalue weighted by Gasteiger charge is -2.27. The van der Waals surface area contributed by atoms with E-state index in [4.69, 9.17) is 16.3 Å². The van der Waals surface area contributed by atoms with Crippen molar-refractivity contribution in [3.63, 3.8) is 0 Å². The minimum atomic E-state index is -0.819. The van der Waals surface area contributed by atoms with Crippen molar-refractivity contribution >= 4 is 41.2 Å². The van der Waals surface area contributed by atoms with Crippen LogP contribution in [0.25, 0.3) is 6.08 Å². The third kappa shape index (κ3) is 4.81. The maximum absolute atomic E-state index is 14.2.